The number of carbonyl (C=O) groups is 1. The molecule has 2 N–H and O–H groups in total. The third kappa shape index (κ3) is 3.89. The lowest BCUT2D eigenvalue weighted by Crippen LogP contribution is -2.31. The molecule has 138 valence electrons. The summed E-state index contributed by atoms with van der Waals surface area (Å²) in [6, 6.07) is 9.73. The van der Waals surface area contributed by atoms with E-state index in [9.17, 15) is 4.79 Å². The van der Waals surface area contributed by atoms with Gasteiger partial charge < -0.3 is 15.4 Å². The molecule has 2 aromatic rings. The van der Waals surface area contributed by atoms with Crippen molar-refractivity contribution in [2.45, 2.75) is 25.7 Å². The predicted molar refractivity (Wildman–Crippen MR) is 102 cm³/mol. The summed E-state index contributed by atoms with van der Waals surface area (Å²) in [6.07, 6.45) is 4.58. The van der Waals surface area contributed by atoms with E-state index in [2.05, 4.69) is 17.0 Å². The van der Waals surface area contributed by atoms with Crippen molar-refractivity contribution in [3.63, 3.8) is 0 Å². The van der Waals surface area contributed by atoms with Crippen LogP contribution in [0.3, 0.4) is 0 Å². The first-order valence-electron chi connectivity index (χ1n) is 9.67. The Morgan fingerprint density at radius 1 is 1.15 bits per heavy atom. The molecular weight excluding hydrogens is 326 g/mol. The topological polar surface area (TPSA) is 68.5 Å². The molecule has 0 radical (unpaired) electrons. The first-order chi connectivity index (χ1) is 12.7. The molecule has 1 amide bonds. The van der Waals surface area contributed by atoms with Crippen molar-refractivity contribution in [2.24, 2.45) is 17.6 Å². The van der Waals surface area contributed by atoms with Crippen molar-refractivity contribution >= 4 is 16.8 Å². The SMILES string of the molecule is NC(=O)c1cccc2ccc(CC3CCN(CC4CCOCC4)C3)nc12. The fraction of sp³-hybridized carbons (Fsp3) is 0.524. The molecule has 1 aromatic carbocycles. The van der Waals surface area contributed by atoms with Crippen molar-refractivity contribution in [1.82, 2.24) is 9.88 Å². The minimum atomic E-state index is -0.413. The second-order valence-electron chi connectivity index (χ2n) is 7.72. The number of rotatable bonds is 5. The van der Waals surface area contributed by atoms with Crippen LogP contribution < -0.4 is 5.73 Å². The van der Waals surface area contributed by atoms with Crippen LogP contribution in [0.2, 0.25) is 0 Å². The van der Waals surface area contributed by atoms with E-state index in [1.54, 1.807) is 6.07 Å². The molecule has 1 unspecified atom stereocenters. The number of primary amides is 1. The van der Waals surface area contributed by atoms with E-state index < -0.39 is 5.91 Å². The number of pyridine rings is 1. The van der Waals surface area contributed by atoms with Gasteiger partial charge in [0.2, 0.25) is 0 Å². The van der Waals surface area contributed by atoms with Gasteiger partial charge in [-0.05, 0) is 56.2 Å². The second-order valence-corrected chi connectivity index (χ2v) is 7.72. The zero-order valence-electron chi connectivity index (χ0n) is 15.2. The quantitative estimate of drug-likeness (QED) is 0.897. The Balaban J connectivity index is 1.41. The molecule has 5 nitrogen and oxygen atoms in total. The van der Waals surface area contributed by atoms with Crippen LogP contribution in [0.1, 0.15) is 35.3 Å². The average Bonchev–Trinajstić information content (AvgIpc) is 3.08. The third-order valence-electron chi connectivity index (χ3n) is 5.77. The number of ether oxygens (including phenoxy) is 1. The summed E-state index contributed by atoms with van der Waals surface area (Å²) < 4.78 is 5.47. The number of carbonyl (C=O) groups excluding carboxylic acids is 1. The van der Waals surface area contributed by atoms with Gasteiger partial charge in [-0.2, -0.15) is 0 Å². The number of hydrogen-bond acceptors (Lipinski definition) is 4. The monoisotopic (exact) mass is 353 g/mol. The molecule has 5 heteroatoms. The van der Waals surface area contributed by atoms with Crippen molar-refractivity contribution < 1.29 is 9.53 Å². The van der Waals surface area contributed by atoms with Gasteiger partial charge in [-0.1, -0.05) is 18.2 Å². The first-order valence-corrected chi connectivity index (χ1v) is 9.67. The predicted octanol–water partition coefficient (Wildman–Crippen LogP) is 2.62. The van der Waals surface area contributed by atoms with E-state index in [0.717, 1.165) is 48.7 Å². The Morgan fingerprint density at radius 3 is 2.81 bits per heavy atom. The number of fused-ring (bicyclic) bond motifs is 1. The van der Waals surface area contributed by atoms with Gasteiger partial charge in [-0.25, -0.2) is 0 Å². The van der Waals surface area contributed by atoms with Gasteiger partial charge in [0.05, 0.1) is 11.1 Å². The molecule has 2 fully saturated rings. The number of benzene rings is 1. The molecule has 4 rings (SSSR count). The summed E-state index contributed by atoms with van der Waals surface area (Å²) in [5.74, 6) is 1.02. The van der Waals surface area contributed by atoms with Gasteiger partial charge in [0.1, 0.15) is 0 Å². The Labute approximate surface area is 154 Å². The Hall–Kier alpha value is -1.98. The average molecular weight is 353 g/mol. The second kappa shape index (κ2) is 7.72. The molecule has 3 heterocycles. The fourth-order valence-electron chi connectivity index (χ4n) is 4.34. The number of aromatic nitrogens is 1. The molecular formula is C21H27N3O2. The van der Waals surface area contributed by atoms with Crippen LogP contribution in [0.4, 0.5) is 0 Å². The lowest BCUT2D eigenvalue weighted by molar-refractivity contribution is 0.0551. The van der Waals surface area contributed by atoms with Gasteiger partial charge in [0.15, 0.2) is 0 Å². The standard InChI is InChI=1S/C21H27N3O2/c22-21(25)19-3-1-2-17-4-5-18(23-20(17)19)12-16-6-9-24(14-16)13-15-7-10-26-11-8-15/h1-5,15-16H,6-14H2,(H2,22,25). The van der Waals surface area contributed by atoms with Crippen LogP contribution >= 0.6 is 0 Å². The number of nitrogens with two attached hydrogens (primary N) is 1. The molecule has 1 aromatic heterocycles. The Bertz CT molecular complexity index is 786. The zero-order chi connectivity index (χ0) is 17.9. The highest BCUT2D eigenvalue weighted by atomic mass is 16.5. The van der Waals surface area contributed by atoms with E-state index in [1.165, 1.54) is 32.4 Å². The van der Waals surface area contributed by atoms with Crippen LogP contribution in [0.5, 0.6) is 0 Å². The number of nitrogens with zero attached hydrogens (tertiary/aromatic N) is 2. The highest BCUT2D eigenvalue weighted by molar-refractivity contribution is 6.04. The van der Waals surface area contributed by atoms with Crippen LogP contribution in [-0.2, 0) is 11.2 Å². The van der Waals surface area contributed by atoms with Gasteiger partial charge in [0, 0.05) is 37.4 Å². The molecule has 0 saturated carbocycles. The largest absolute Gasteiger partial charge is 0.381 e. The maximum atomic E-state index is 11.7. The van der Waals surface area contributed by atoms with Crippen LogP contribution in [0, 0.1) is 11.8 Å². The lowest BCUT2D eigenvalue weighted by Gasteiger charge is -2.27. The summed E-state index contributed by atoms with van der Waals surface area (Å²) >= 11 is 0. The van der Waals surface area contributed by atoms with Gasteiger partial charge in [-0.3, -0.25) is 9.78 Å². The van der Waals surface area contributed by atoms with E-state index in [-0.39, 0.29) is 0 Å². The number of likely N-dealkylation sites (tertiary alicyclic amines) is 1. The molecule has 2 aliphatic rings. The van der Waals surface area contributed by atoms with Crippen LogP contribution in [0.15, 0.2) is 30.3 Å². The summed E-state index contributed by atoms with van der Waals surface area (Å²) in [4.78, 5) is 19.0. The van der Waals surface area contributed by atoms with E-state index >= 15 is 0 Å². The Morgan fingerprint density at radius 2 is 2.00 bits per heavy atom. The normalized spacial score (nSPS) is 22.1. The molecule has 1 atom stereocenters. The molecule has 2 aliphatic heterocycles. The van der Waals surface area contributed by atoms with Crippen LogP contribution in [-0.4, -0.2) is 48.6 Å². The van der Waals surface area contributed by atoms with E-state index in [4.69, 9.17) is 15.5 Å². The highest BCUT2D eigenvalue weighted by Crippen LogP contribution is 2.25. The Kier molecular flexibility index (Phi) is 5.18. The van der Waals surface area contributed by atoms with E-state index in [0.29, 0.717) is 11.5 Å². The maximum absolute atomic E-state index is 11.7. The maximum Gasteiger partial charge on any atom is 0.250 e. The highest BCUT2D eigenvalue weighted by Gasteiger charge is 2.26. The smallest absolute Gasteiger partial charge is 0.250 e. The van der Waals surface area contributed by atoms with Crippen molar-refractivity contribution in [3.05, 3.63) is 41.6 Å². The van der Waals surface area contributed by atoms with Gasteiger partial charge in [0.25, 0.3) is 5.91 Å². The van der Waals surface area contributed by atoms with Gasteiger partial charge >= 0.3 is 0 Å². The number of para-hydroxylation sites is 1. The van der Waals surface area contributed by atoms with Crippen molar-refractivity contribution in [2.75, 3.05) is 32.8 Å². The minimum Gasteiger partial charge on any atom is -0.381 e. The summed E-state index contributed by atoms with van der Waals surface area (Å²) in [7, 11) is 0. The van der Waals surface area contributed by atoms with E-state index in [1.807, 2.05) is 12.1 Å². The zero-order valence-corrected chi connectivity index (χ0v) is 15.2. The number of amides is 1. The van der Waals surface area contributed by atoms with Crippen LogP contribution in [0.25, 0.3) is 10.9 Å². The summed E-state index contributed by atoms with van der Waals surface area (Å²) in [6.45, 7) is 5.38. The third-order valence-corrected chi connectivity index (χ3v) is 5.77. The molecule has 2 saturated heterocycles. The fourth-order valence-corrected chi connectivity index (χ4v) is 4.34. The molecule has 0 bridgehead atoms. The van der Waals surface area contributed by atoms with Gasteiger partial charge in [-0.15, -0.1) is 0 Å². The van der Waals surface area contributed by atoms with Crippen molar-refractivity contribution in [1.29, 1.82) is 0 Å². The van der Waals surface area contributed by atoms with Crippen molar-refractivity contribution in [3.8, 4) is 0 Å². The summed E-state index contributed by atoms with van der Waals surface area (Å²) in [5.41, 5.74) is 7.81. The molecule has 0 spiro atoms. The molecule has 0 aliphatic carbocycles. The minimum absolute atomic E-state index is 0.413. The number of hydrogen-bond donors (Lipinski definition) is 1. The first kappa shape index (κ1) is 17.4. The lowest BCUT2D eigenvalue weighted by atomic mass is 9.99. The summed E-state index contributed by atoms with van der Waals surface area (Å²) in [5, 5.41) is 0.970. The molecule has 26 heavy (non-hydrogen) atoms.